The Morgan fingerprint density at radius 2 is 1.11 bits per heavy atom. The highest BCUT2D eigenvalue weighted by molar-refractivity contribution is 5.78. The average Bonchev–Trinajstić information content (AvgIpc) is 2.86. The van der Waals surface area contributed by atoms with Gasteiger partial charge in [-0.05, 0) is 87.9 Å². The minimum atomic E-state index is 0.00478. The summed E-state index contributed by atoms with van der Waals surface area (Å²) >= 11 is 0. The van der Waals surface area contributed by atoms with Crippen LogP contribution in [-0.2, 0) is 4.79 Å². The van der Waals surface area contributed by atoms with Crippen LogP contribution in [0.1, 0.15) is 143 Å². The highest BCUT2D eigenvalue weighted by atomic mass is 16.2. The lowest BCUT2D eigenvalue weighted by atomic mass is 9.79. The number of hydrogen-bond donors (Lipinski definition) is 3. The first-order valence-electron chi connectivity index (χ1n) is 16.2. The van der Waals surface area contributed by atoms with Crippen LogP contribution in [0.5, 0.6) is 0 Å². The molecule has 0 atom stereocenters. The highest BCUT2D eigenvalue weighted by Gasteiger charge is 2.26. The maximum atomic E-state index is 12.5. The van der Waals surface area contributed by atoms with E-state index in [1.807, 2.05) is 0 Å². The summed E-state index contributed by atoms with van der Waals surface area (Å²) in [5.74, 6) is 3.85. The van der Waals surface area contributed by atoms with Gasteiger partial charge in [0.05, 0.1) is 0 Å². The Hall–Kier alpha value is -1.26. The maximum Gasteiger partial charge on any atom is 0.315 e. The summed E-state index contributed by atoms with van der Waals surface area (Å²) in [5.41, 5.74) is 0. The van der Waals surface area contributed by atoms with Gasteiger partial charge >= 0.3 is 6.03 Å². The molecule has 5 nitrogen and oxygen atoms in total. The fraction of sp³-hybridized carbons (Fsp3) is 0.938. The standard InChI is InChI=1S/C32H61N3O2/c1-25(2)11-9-13-27-15-19-29(20-16-27)31(36)33-23-7-5-6-8-24-34-32(37)35-30-21-17-28(18-22-30)14-10-12-26(3)4/h25-30H,5-24H2,1-4H3,(H,33,36)(H2,34,35,37). The molecular formula is C32H61N3O2. The summed E-state index contributed by atoms with van der Waals surface area (Å²) < 4.78 is 0. The lowest BCUT2D eigenvalue weighted by Crippen LogP contribution is -2.43. The molecule has 0 aliphatic heterocycles. The first kappa shape index (κ1) is 32.0. The molecule has 0 aromatic rings. The number of urea groups is 1. The van der Waals surface area contributed by atoms with Gasteiger partial charge in [-0.15, -0.1) is 0 Å². The molecule has 3 N–H and O–H groups in total. The monoisotopic (exact) mass is 519 g/mol. The molecule has 2 saturated carbocycles. The Morgan fingerprint density at radius 1 is 0.622 bits per heavy atom. The topological polar surface area (TPSA) is 70.2 Å². The summed E-state index contributed by atoms with van der Waals surface area (Å²) in [4.78, 5) is 24.7. The second-order valence-electron chi connectivity index (χ2n) is 13.2. The quantitative estimate of drug-likeness (QED) is 0.170. The van der Waals surface area contributed by atoms with Gasteiger partial charge in [-0.1, -0.05) is 79.1 Å². The molecule has 0 saturated heterocycles. The summed E-state index contributed by atoms with van der Waals surface area (Å²) in [6.07, 6.45) is 21.7. The van der Waals surface area contributed by atoms with Gasteiger partial charge in [-0.2, -0.15) is 0 Å². The van der Waals surface area contributed by atoms with Crippen molar-refractivity contribution in [3.63, 3.8) is 0 Å². The molecule has 0 spiro atoms. The van der Waals surface area contributed by atoms with E-state index >= 15 is 0 Å². The average molecular weight is 520 g/mol. The Bertz CT molecular complexity index is 605. The van der Waals surface area contributed by atoms with Crippen molar-refractivity contribution in [2.75, 3.05) is 13.1 Å². The molecule has 2 rings (SSSR count). The number of nitrogens with one attached hydrogen (secondary N) is 3. The van der Waals surface area contributed by atoms with E-state index in [9.17, 15) is 9.59 Å². The van der Waals surface area contributed by atoms with Gasteiger partial charge < -0.3 is 16.0 Å². The van der Waals surface area contributed by atoms with Crippen LogP contribution < -0.4 is 16.0 Å². The molecule has 0 unspecified atom stereocenters. The number of rotatable bonds is 17. The van der Waals surface area contributed by atoms with Crippen LogP contribution in [-0.4, -0.2) is 31.1 Å². The molecule has 216 valence electrons. The van der Waals surface area contributed by atoms with Crippen molar-refractivity contribution in [2.45, 2.75) is 149 Å². The molecule has 0 radical (unpaired) electrons. The molecule has 2 fully saturated rings. The summed E-state index contributed by atoms with van der Waals surface area (Å²) in [7, 11) is 0. The summed E-state index contributed by atoms with van der Waals surface area (Å²) in [6, 6.07) is 0.357. The number of amides is 3. The van der Waals surface area contributed by atoms with E-state index in [2.05, 4.69) is 43.6 Å². The highest BCUT2D eigenvalue weighted by Crippen LogP contribution is 2.32. The van der Waals surface area contributed by atoms with Gasteiger partial charge in [-0.3, -0.25) is 4.79 Å². The minimum Gasteiger partial charge on any atom is -0.356 e. The third-order valence-electron chi connectivity index (χ3n) is 8.88. The summed E-state index contributed by atoms with van der Waals surface area (Å²) in [6.45, 7) is 10.8. The Balaban J connectivity index is 1.39. The van der Waals surface area contributed by atoms with E-state index in [4.69, 9.17) is 0 Å². The molecule has 0 aromatic carbocycles. The number of unbranched alkanes of at least 4 members (excludes halogenated alkanes) is 3. The Morgan fingerprint density at radius 3 is 1.62 bits per heavy atom. The molecule has 0 aromatic heterocycles. The third-order valence-corrected chi connectivity index (χ3v) is 8.88. The molecule has 0 heterocycles. The second kappa shape index (κ2) is 18.9. The maximum absolute atomic E-state index is 12.5. The largest absolute Gasteiger partial charge is 0.356 e. The second-order valence-corrected chi connectivity index (χ2v) is 13.2. The van der Waals surface area contributed by atoms with Gasteiger partial charge in [0.1, 0.15) is 0 Å². The predicted molar refractivity (Wildman–Crippen MR) is 157 cm³/mol. The zero-order chi connectivity index (χ0) is 26.9. The summed E-state index contributed by atoms with van der Waals surface area (Å²) in [5, 5.41) is 9.41. The first-order chi connectivity index (χ1) is 17.8. The minimum absolute atomic E-state index is 0.00478. The van der Waals surface area contributed by atoms with Crippen LogP contribution in [0.2, 0.25) is 0 Å². The van der Waals surface area contributed by atoms with Crippen LogP contribution in [0.25, 0.3) is 0 Å². The van der Waals surface area contributed by atoms with Crippen LogP contribution in [0.3, 0.4) is 0 Å². The SMILES string of the molecule is CC(C)CCCC1CCC(NC(=O)NCCCCCCNC(=O)C2CCC(CCCC(C)C)CC2)CC1. The third kappa shape index (κ3) is 15.1. The van der Waals surface area contributed by atoms with E-state index in [-0.39, 0.29) is 17.9 Å². The van der Waals surface area contributed by atoms with Crippen molar-refractivity contribution in [3.05, 3.63) is 0 Å². The lowest BCUT2D eigenvalue weighted by Gasteiger charge is -2.29. The van der Waals surface area contributed by atoms with Gasteiger partial charge in [0.15, 0.2) is 0 Å². The van der Waals surface area contributed by atoms with Gasteiger partial charge in [0.25, 0.3) is 0 Å². The van der Waals surface area contributed by atoms with Crippen molar-refractivity contribution >= 4 is 11.9 Å². The number of carbonyl (C=O) groups is 2. The van der Waals surface area contributed by atoms with Crippen molar-refractivity contribution in [3.8, 4) is 0 Å². The molecule has 37 heavy (non-hydrogen) atoms. The van der Waals surface area contributed by atoms with Crippen molar-refractivity contribution in [1.82, 2.24) is 16.0 Å². The van der Waals surface area contributed by atoms with Gasteiger partial charge in [0.2, 0.25) is 5.91 Å². The van der Waals surface area contributed by atoms with E-state index in [1.165, 1.54) is 64.2 Å². The van der Waals surface area contributed by atoms with Crippen LogP contribution >= 0.6 is 0 Å². The van der Waals surface area contributed by atoms with Crippen molar-refractivity contribution in [2.24, 2.45) is 29.6 Å². The number of carbonyl (C=O) groups excluding carboxylic acids is 2. The Labute approximate surface area is 229 Å². The van der Waals surface area contributed by atoms with Crippen molar-refractivity contribution < 1.29 is 9.59 Å². The first-order valence-corrected chi connectivity index (χ1v) is 16.2. The van der Waals surface area contributed by atoms with E-state index in [0.29, 0.717) is 6.04 Å². The molecule has 3 amide bonds. The van der Waals surface area contributed by atoms with E-state index < -0.39 is 0 Å². The van der Waals surface area contributed by atoms with E-state index in [1.54, 1.807) is 0 Å². The molecule has 2 aliphatic rings. The zero-order valence-corrected chi connectivity index (χ0v) is 24.9. The lowest BCUT2D eigenvalue weighted by molar-refractivity contribution is -0.126. The fourth-order valence-corrected chi connectivity index (χ4v) is 6.34. The van der Waals surface area contributed by atoms with Crippen LogP contribution in [0.4, 0.5) is 4.79 Å². The molecule has 2 aliphatic carbocycles. The molecule has 5 heteroatoms. The normalized spacial score (nSPS) is 24.3. The molecular weight excluding hydrogens is 458 g/mol. The van der Waals surface area contributed by atoms with Crippen molar-refractivity contribution in [1.29, 1.82) is 0 Å². The molecule has 0 bridgehead atoms. The number of hydrogen-bond acceptors (Lipinski definition) is 2. The Kier molecular flexibility index (Phi) is 16.3. The van der Waals surface area contributed by atoms with E-state index in [0.717, 1.165) is 88.1 Å². The van der Waals surface area contributed by atoms with Crippen LogP contribution in [0.15, 0.2) is 0 Å². The fourth-order valence-electron chi connectivity index (χ4n) is 6.34. The smallest absolute Gasteiger partial charge is 0.315 e. The van der Waals surface area contributed by atoms with Gasteiger partial charge in [0, 0.05) is 25.0 Å². The van der Waals surface area contributed by atoms with Crippen LogP contribution in [0, 0.1) is 29.6 Å². The zero-order valence-electron chi connectivity index (χ0n) is 24.9. The van der Waals surface area contributed by atoms with Gasteiger partial charge in [-0.25, -0.2) is 4.79 Å². The predicted octanol–water partition coefficient (Wildman–Crippen LogP) is 7.98.